The fourth-order valence-corrected chi connectivity index (χ4v) is 5.12. The minimum atomic E-state index is -0.421. The van der Waals surface area contributed by atoms with E-state index in [1.54, 1.807) is 18.5 Å². The smallest absolute Gasteiger partial charge is 0.200 e. The minimum Gasteiger partial charge on any atom is -0.378 e. The molecule has 3 aromatic heterocycles. The first-order valence-corrected chi connectivity index (χ1v) is 12.1. The van der Waals surface area contributed by atoms with Gasteiger partial charge in [0.15, 0.2) is 5.28 Å². The van der Waals surface area contributed by atoms with Crippen LogP contribution in [0.15, 0.2) is 42.7 Å². The molecule has 178 valence electrons. The highest BCUT2D eigenvalue weighted by molar-refractivity contribution is 6.36. The molecule has 0 unspecified atom stereocenters. The number of anilines is 1. The number of benzene rings is 2. The molecular formula is C25H21Cl2FN6O. The van der Waals surface area contributed by atoms with Crippen molar-refractivity contribution in [2.75, 3.05) is 31.2 Å². The summed E-state index contributed by atoms with van der Waals surface area (Å²) in [6, 6.07) is 8.97. The molecule has 0 radical (unpaired) electrons. The second-order valence-corrected chi connectivity index (χ2v) is 9.11. The van der Waals surface area contributed by atoms with Gasteiger partial charge < -0.3 is 14.6 Å². The highest BCUT2D eigenvalue weighted by atomic mass is 35.5. The van der Waals surface area contributed by atoms with Gasteiger partial charge in [0, 0.05) is 42.3 Å². The average Bonchev–Trinajstić information content (AvgIpc) is 3.49. The Labute approximate surface area is 210 Å². The predicted molar refractivity (Wildman–Crippen MR) is 136 cm³/mol. The maximum absolute atomic E-state index is 14.7. The van der Waals surface area contributed by atoms with Crippen LogP contribution in [0.2, 0.25) is 10.3 Å². The van der Waals surface area contributed by atoms with Gasteiger partial charge in [-0.15, -0.1) is 0 Å². The lowest BCUT2D eigenvalue weighted by Crippen LogP contribution is -2.36. The van der Waals surface area contributed by atoms with E-state index in [9.17, 15) is 4.39 Å². The Morgan fingerprint density at radius 2 is 1.91 bits per heavy atom. The lowest BCUT2D eigenvalue weighted by molar-refractivity contribution is 0.122. The predicted octanol–water partition coefficient (Wildman–Crippen LogP) is 5.81. The summed E-state index contributed by atoms with van der Waals surface area (Å²) >= 11 is 12.7. The van der Waals surface area contributed by atoms with Gasteiger partial charge in [-0.1, -0.05) is 18.5 Å². The van der Waals surface area contributed by atoms with Crippen LogP contribution in [-0.2, 0) is 11.2 Å². The molecule has 5 aromatic rings. The Hall–Kier alpha value is -3.20. The number of rotatable bonds is 4. The van der Waals surface area contributed by atoms with Crippen LogP contribution in [0.3, 0.4) is 0 Å². The van der Waals surface area contributed by atoms with Crippen LogP contribution >= 0.6 is 23.2 Å². The molecule has 1 fully saturated rings. The number of H-pyrrole nitrogens is 1. The van der Waals surface area contributed by atoms with Gasteiger partial charge >= 0.3 is 0 Å². The van der Waals surface area contributed by atoms with E-state index < -0.39 is 5.82 Å². The summed E-state index contributed by atoms with van der Waals surface area (Å²) in [6.07, 6.45) is 3.96. The number of aryl methyl sites for hydroxylation is 1. The van der Waals surface area contributed by atoms with Crippen LogP contribution < -0.4 is 4.90 Å². The van der Waals surface area contributed by atoms with Gasteiger partial charge in [0.1, 0.15) is 17.2 Å². The lowest BCUT2D eigenvalue weighted by atomic mass is 10.1. The first-order chi connectivity index (χ1) is 17.0. The standard InChI is InChI=1S/C25H21Cl2FN6O/c1-2-21-32-23-15(18-13-30-25(27)31-18)11-14(33-7-9-35-10-8-33)12-20(23)34(21)19-5-6-29-24-17(28)4-3-16(26)22(19)24/h3-6,11-13H,2,7-10H2,1H3,(H,30,31). The van der Waals surface area contributed by atoms with E-state index in [1.165, 1.54) is 6.07 Å². The van der Waals surface area contributed by atoms with Gasteiger partial charge in [-0.25, -0.2) is 14.4 Å². The normalized spacial score (nSPS) is 14.3. The molecule has 1 N–H and O–H groups in total. The maximum atomic E-state index is 14.7. The van der Waals surface area contributed by atoms with Gasteiger partial charge in [-0.05, 0) is 41.9 Å². The first kappa shape index (κ1) is 22.3. The molecule has 35 heavy (non-hydrogen) atoms. The molecule has 0 aliphatic carbocycles. The highest BCUT2D eigenvalue weighted by Crippen LogP contribution is 2.38. The number of fused-ring (bicyclic) bond motifs is 2. The fraction of sp³-hybridized carbons (Fsp3) is 0.240. The highest BCUT2D eigenvalue weighted by Gasteiger charge is 2.22. The van der Waals surface area contributed by atoms with E-state index in [4.69, 9.17) is 32.9 Å². The summed E-state index contributed by atoms with van der Waals surface area (Å²) in [4.78, 5) is 18.9. The fourth-order valence-electron chi connectivity index (χ4n) is 4.72. The number of nitrogens with zero attached hydrogens (tertiary/aromatic N) is 5. The summed E-state index contributed by atoms with van der Waals surface area (Å²) in [5, 5.41) is 1.28. The second kappa shape index (κ2) is 8.78. The minimum absolute atomic E-state index is 0.226. The molecule has 1 aliphatic heterocycles. The lowest BCUT2D eigenvalue weighted by Gasteiger charge is -2.29. The first-order valence-electron chi connectivity index (χ1n) is 11.4. The van der Waals surface area contributed by atoms with E-state index in [1.807, 2.05) is 13.0 Å². The van der Waals surface area contributed by atoms with Crippen molar-refractivity contribution in [3.63, 3.8) is 0 Å². The van der Waals surface area contributed by atoms with Crippen molar-refractivity contribution in [1.29, 1.82) is 0 Å². The quantitative estimate of drug-likeness (QED) is 0.330. The number of morpholine rings is 1. The van der Waals surface area contributed by atoms with Crippen LogP contribution in [0.1, 0.15) is 12.7 Å². The average molecular weight is 511 g/mol. The number of aromatic nitrogens is 5. The van der Waals surface area contributed by atoms with Crippen molar-refractivity contribution < 1.29 is 9.13 Å². The van der Waals surface area contributed by atoms with E-state index in [0.717, 1.165) is 52.6 Å². The summed E-state index contributed by atoms with van der Waals surface area (Å²) < 4.78 is 22.3. The third-order valence-electron chi connectivity index (χ3n) is 6.35. The van der Waals surface area contributed by atoms with Crippen molar-refractivity contribution in [3.05, 3.63) is 64.7 Å². The number of imidazole rings is 2. The number of pyridine rings is 1. The number of ether oxygens (including phenoxy) is 1. The van der Waals surface area contributed by atoms with Crippen molar-refractivity contribution >= 4 is 50.8 Å². The Balaban J connectivity index is 1.70. The second-order valence-electron chi connectivity index (χ2n) is 8.35. The van der Waals surface area contributed by atoms with Crippen molar-refractivity contribution in [3.8, 4) is 16.9 Å². The maximum Gasteiger partial charge on any atom is 0.200 e. The van der Waals surface area contributed by atoms with Crippen molar-refractivity contribution in [2.45, 2.75) is 13.3 Å². The topological polar surface area (TPSA) is 71.9 Å². The van der Waals surface area contributed by atoms with E-state index >= 15 is 0 Å². The monoisotopic (exact) mass is 510 g/mol. The van der Waals surface area contributed by atoms with Crippen molar-refractivity contribution in [1.82, 2.24) is 24.5 Å². The summed E-state index contributed by atoms with van der Waals surface area (Å²) in [5.74, 6) is 0.398. The molecule has 1 saturated heterocycles. The molecule has 1 aliphatic rings. The molecule has 10 heteroatoms. The summed E-state index contributed by atoms with van der Waals surface area (Å²) in [7, 11) is 0. The molecule has 0 amide bonds. The molecule has 0 spiro atoms. The zero-order valence-corrected chi connectivity index (χ0v) is 20.4. The molecule has 0 bridgehead atoms. The Morgan fingerprint density at radius 3 is 2.66 bits per heavy atom. The van der Waals surface area contributed by atoms with E-state index in [2.05, 4.69) is 36.6 Å². The molecule has 2 aromatic carbocycles. The third-order valence-corrected chi connectivity index (χ3v) is 6.86. The zero-order chi connectivity index (χ0) is 24.1. The van der Waals surface area contributed by atoms with Gasteiger partial charge in [-0.3, -0.25) is 9.55 Å². The van der Waals surface area contributed by atoms with Crippen LogP contribution in [0.25, 0.3) is 38.9 Å². The van der Waals surface area contributed by atoms with Crippen LogP contribution in [0, 0.1) is 5.82 Å². The van der Waals surface area contributed by atoms with E-state index in [-0.39, 0.29) is 5.52 Å². The third kappa shape index (κ3) is 3.73. The molecule has 0 saturated carbocycles. The van der Waals surface area contributed by atoms with Crippen molar-refractivity contribution in [2.24, 2.45) is 0 Å². The van der Waals surface area contributed by atoms with Crippen LogP contribution in [0.5, 0.6) is 0 Å². The number of aromatic amines is 1. The SMILES string of the molecule is CCc1nc2c(-c3cnc(Cl)[nH]3)cc(N3CCOCC3)cc2n1-c1ccnc2c(F)ccc(Cl)c12. The largest absolute Gasteiger partial charge is 0.378 e. The van der Waals surface area contributed by atoms with Gasteiger partial charge in [0.2, 0.25) is 0 Å². The van der Waals surface area contributed by atoms with Gasteiger partial charge in [-0.2, -0.15) is 0 Å². The number of hydrogen-bond acceptors (Lipinski definition) is 5. The zero-order valence-electron chi connectivity index (χ0n) is 18.9. The van der Waals surface area contributed by atoms with Crippen LogP contribution in [-0.4, -0.2) is 50.8 Å². The molecule has 7 nitrogen and oxygen atoms in total. The molecule has 6 rings (SSSR count). The number of hydrogen-bond donors (Lipinski definition) is 1. The Kier molecular flexibility index (Phi) is 5.59. The molecule has 4 heterocycles. The molecule has 0 atom stereocenters. The van der Waals surface area contributed by atoms with Crippen LogP contribution in [0.4, 0.5) is 10.1 Å². The Bertz CT molecular complexity index is 1570. The van der Waals surface area contributed by atoms with E-state index in [0.29, 0.717) is 35.3 Å². The Morgan fingerprint density at radius 1 is 1.09 bits per heavy atom. The van der Waals surface area contributed by atoms with Gasteiger partial charge in [0.25, 0.3) is 0 Å². The molecular weight excluding hydrogens is 490 g/mol. The number of halogens is 3. The number of nitrogens with one attached hydrogen (secondary N) is 1. The summed E-state index contributed by atoms with van der Waals surface area (Å²) in [6.45, 7) is 4.91. The summed E-state index contributed by atoms with van der Waals surface area (Å²) in [5.41, 5.74) is 5.30. The van der Waals surface area contributed by atoms with Gasteiger partial charge in [0.05, 0.1) is 46.8 Å².